The number of para-hydroxylation sites is 2. The highest BCUT2D eigenvalue weighted by molar-refractivity contribution is 5.81. The zero-order valence-corrected chi connectivity index (χ0v) is 16.7. The zero-order chi connectivity index (χ0) is 19.3. The standard InChI is InChI=1S/C23H30N4O/c1-20(24-12-14-25(15-13-24)21-8-4-2-5-9-21)23(28)27-18-16-26(17-19-27)22-10-6-3-7-11-22/h2-11,20H,12-19H2,1H3/t20-/m1/s1. The van der Waals surface area contributed by atoms with Crippen molar-refractivity contribution < 1.29 is 4.79 Å². The van der Waals surface area contributed by atoms with Gasteiger partial charge >= 0.3 is 0 Å². The molecule has 0 bridgehead atoms. The number of hydrogen-bond acceptors (Lipinski definition) is 4. The van der Waals surface area contributed by atoms with E-state index < -0.39 is 0 Å². The highest BCUT2D eigenvalue weighted by Crippen LogP contribution is 2.19. The molecule has 5 nitrogen and oxygen atoms in total. The van der Waals surface area contributed by atoms with Crippen LogP contribution in [-0.2, 0) is 4.79 Å². The van der Waals surface area contributed by atoms with E-state index in [1.807, 2.05) is 11.0 Å². The first kappa shape index (κ1) is 18.8. The summed E-state index contributed by atoms with van der Waals surface area (Å²) in [7, 11) is 0. The van der Waals surface area contributed by atoms with Crippen LogP contribution in [-0.4, -0.2) is 74.1 Å². The maximum atomic E-state index is 13.0. The molecule has 2 heterocycles. The van der Waals surface area contributed by atoms with E-state index in [1.165, 1.54) is 11.4 Å². The quantitative estimate of drug-likeness (QED) is 0.818. The van der Waals surface area contributed by atoms with Gasteiger partial charge in [0.25, 0.3) is 0 Å². The summed E-state index contributed by atoms with van der Waals surface area (Å²) in [5.74, 6) is 0.279. The third-order valence-corrected chi connectivity index (χ3v) is 6.05. The van der Waals surface area contributed by atoms with Crippen molar-refractivity contribution >= 4 is 17.3 Å². The number of benzene rings is 2. The number of amides is 1. The molecule has 28 heavy (non-hydrogen) atoms. The fraction of sp³-hybridized carbons (Fsp3) is 0.435. The van der Waals surface area contributed by atoms with Gasteiger partial charge in [-0.25, -0.2) is 0 Å². The number of nitrogens with zero attached hydrogens (tertiary/aromatic N) is 4. The van der Waals surface area contributed by atoms with Gasteiger partial charge in [0.15, 0.2) is 0 Å². The number of hydrogen-bond donors (Lipinski definition) is 0. The molecule has 2 aliphatic heterocycles. The highest BCUT2D eigenvalue weighted by atomic mass is 16.2. The van der Waals surface area contributed by atoms with Gasteiger partial charge in [0.05, 0.1) is 6.04 Å². The lowest BCUT2D eigenvalue weighted by Gasteiger charge is -2.42. The number of piperazine rings is 2. The fourth-order valence-electron chi connectivity index (χ4n) is 4.25. The molecule has 4 rings (SSSR count). The van der Waals surface area contributed by atoms with Gasteiger partial charge in [-0.15, -0.1) is 0 Å². The minimum atomic E-state index is -0.0406. The molecule has 0 unspecified atom stereocenters. The minimum absolute atomic E-state index is 0.0406. The first-order chi connectivity index (χ1) is 13.7. The molecule has 5 heteroatoms. The van der Waals surface area contributed by atoms with E-state index >= 15 is 0 Å². The molecule has 0 aliphatic carbocycles. The van der Waals surface area contributed by atoms with E-state index in [0.29, 0.717) is 0 Å². The van der Waals surface area contributed by atoms with Crippen molar-refractivity contribution in [2.24, 2.45) is 0 Å². The van der Waals surface area contributed by atoms with Gasteiger partial charge in [0.2, 0.25) is 5.91 Å². The Kier molecular flexibility index (Phi) is 5.81. The first-order valence-electron chi connectivity index (χ1n) is 10.4. The first-order valence-corrected chi connectivity index (χ1v) is 10.4. The molecular formula is C23H30N4O. The van der Waals surface area contributed by atoms with Crippen molar-refractivity contribution in [1.29, 1.82) is 0 Å². The summed E-state index contributed by atoms with van der Waals surface area (Å²) < 4.78 is 0. The maximum absolute atomic E-state index is 13.0. The lowest BCUT2D eigenvalue weighted by molar-refractivity contribution is -0.136. The Labute approximate surface area is 168 Å². The van der Waals surface area contributed by atoms with Crippen molar-refractivity contribution in [3.05, 3.63) is 60.7 Å². The molecule has 0 saturated carbocycles. The molecule has 1 amide bonds. The molecule has 2 fully saturated rings. The van der Waals surface area contributed by atoms with E-state index in [0.717, 1.165) is 52.4 Å². The number of rotatable bonds is 4. The van der Waals surface area contributed by atoms with Crippen LogP contribution >= 0.6 is 0 Å². The predicted octanol–water partition coefficient (Wildman–Crippen LogP) is 2.55. The van der Waals surface area contributed by atoms with Crippen LogP contribution < -0.4 is 9.80 Å². The molecule has 0 aromatic heterocycles. The Bertz CT molecular complexity index is 751. The van der Waals surface area contributed by atoms with E-state index in [-0.39, 0.29) is 11.9 Å². The van der Waals surface area contributed by atoms with Crippen molar-refractivity contribution in [3.63, 3.8) is 0 Å². The van der Waals surface area contributed by atoms with Gasteiger partial charge in [-0.2, -0.15) is 0 Å². The lowest BCUT2D eigenvalue weighted by Crippen LogP contribution is -2.57. The summed E-state index contributed by atoms with van der Waals surface area (Å²) in [5.41, 5.74) is 2.53. The summed E-state index contributed by atoms with van der Waals surface area (Å²) in [5, 5.41) is 0. The molecule has 0 spiro atoms. The van der Waals surface area contributed by atoms with Crippen LogP contribution in [0.5, 0.6) is 0 Å². The number of carbonyl (C=O) groups is 1. The van der Waals surface area contributed by atoms with Gasteiger partial charge in [0, 0.05) is 63.7 Å². The van der Waals surface area contributed by atoms with Crippen molar-refractivity contribution in [2.75, 3.05) is 62.2 Å². The normalized spacial score (nSPS) is 19.5. The molecule has 2 aromatic carbocycles. The summed E-state index contributed by atoms with van der Waals surface area (Å²) >= 11 is 0. The Morgan fingerprint density at radius 1 is 0.679 bits per heavy atom. The van der Waals surface area contributed by atoms with Crippen LogP contribution in [0.1, 0.15) is 6.92 Å². The second kappa shape index (κ2) is 8.65. The van der Waals surface area contributed by atoms with Crippen LogP contribution in [0.3, 0.4) is 0 Å². The molecular weight excluding hydrogens is 348 g/mol. The van der Waals surface area contributed by atoms with E-state index in [2.05, 4.69) is 76.2 Å². The summed E-state index contributed by atoms with van der Waals surface area (Å²) in [6.07, 6.45) is 0. The summed E-state index contributed by atoms with van der Waals surface area (Å²) in [4.78, 5) is 22.2. The molecule has 2 aliphatic rings. The molecule has 0 N–H and O–H groups in total. The van der Waals surface area contributed by atoms with Crippen LogP contribution in [0.15, 0.2) is 60.7 Å². The molecule has 1 atom stereocenters. The van der Waals surface area contributed by atoms with Crippen molar-refractivity contribution in [3.8, 4) is 0 Å². The SMILES string of the molecule is C[C@H](C(=O)N1CCN(c2ccccc2)CC1)N1CCN(c2ccccc2)CC1. The second-order valence-electron chi connectivity index (χ2n) is 7.68. The Morgan fingerprint density at radius 2 is 1.11 bits per heavy atom. The topological polar surface area (TPSA) is 30.0 Å². The third kappa shape index (κ3) is 4.14. The Balaban J connectivity index is 1.27. The number of carbonyl (C=O) groups excluding carboxylic acids is 1. The molecule has 148 valence electrons. The maximum Gasteiger partial charge on any atom is 0.239 e. The molecule has 0 radical (unpaired) electrons. The largest absolute Gasteiger partial charge is 0.369 e. The average molecular weight is 379 g/mol. The summed E-state index contributed by atoms with van der Waals surface area (Å²) in [6, 6.07) is 21.0. The number of anilines is 2. The molecule has 2 saturated heterocycles. The smallest absolute Gasteiger partial charge is 0.239 e. The van der Waals surface area contributed by atoms with Crippen molar-refractivity contribution in [2.45, 2.75) is 13.0 Å². The zero-order valence-electron chi connectivity index (χ0n) is 16.7. The van der Waals surface area contributed by atoms with Crippen LogP contribution in [0.2, 0.25) is 0 Å². The van der Waals surface area contributed by atoms with Gasteiger partial charge in [-0.05, 0) is 31.2 Å². The Morgan fingerprint density at radius 3 is 1.57 bits per heavy atom. The van der Waals surface area contributed by atoms with E-state index in [4.69, 9.17) is 0 Å². The average Bonchev–Trinajstić information content (AvgIpc) is 2.79. The van der Waals surface area contributed by atoms with E-state index in [9.17, 15) is 4.79 Å². The minimum Gasteiger partial charge on any atom is -0.369 e. The van der Waals surface area contributed by atoms with Crippen molar-refractivity contribution in [1.82, 2.24) is 9.80 Å². The van der Waals surface area contributed by atoms with E-state index in [1.54, 1.807) is 0 Å². The second-order valence-corrected chi connectivity index (χ2v) is 7.68. The monoisotopic (exact) mass is 378 g/mol. The lowest BCUT2D eigenvalue weighted by atomic mass is 10.1. The van der Waals surface area contributed by atoms with Gasteiger partial charge in [0.1, 0.15) is 0 Å². The van der Waals surface area contributed by atoms with Gasteiger partial charge < -0.3 is 14.7 Å². The van der Waals surface area contributed by atoms with Gasteiger partial charge in [-0.3, -0.25) is 9.69 Å². The predicted molar refractivity (Wildman–Crippen MR) is 115 cm³/mol. The van der Waals surface area contributed by atoms with Crippen LogP contribution in [0, 0.1) is 0 Å². The Hall–Kier alpha value is -2.53. The highest BCUT2D eigenvalue weighted by Gasteiger charge is 2.30. The van der Waals surface area contributed by atoms with Gasteiger partial charge in [-0.1, -0.05) is 36.4 Å². The summed E-state index contributed by atoms with van der Waals surface area (Å²) in [6.45, 7) is 9.33. The fourth-order valence-corrected chi connectivity index (χ4v) is 4.25. The third-order valence-electron chi connectivity index (χ3n) is 6.05. The van der Waals surface area contributed by atoms with Crippen LogP contribution in [0.25, 0.3) is 0 Å². The van der Waals surface area contributed by atoms with Crippen LogP contribution in [0.4, 0.5) is 11.4 Å². The molecule has 2 aromatic rings.